The van der Waals surface area contributed by atoms with Crippen molar-refractivity contribution in [2.75, 3.05) is 0 Å². The first-order valence-corrected chi connectivity index (χ1v) is 8.04. The maximum absolute atomic E-state index is 12.7. The van der Waals surface area contributed by atoms with Gasteiger partial charge in [0, 0.05) is 6.04 Å². The van der Waals surface area contributed by atoms with Crippen LogP contribution in [0.5, 0.6) is 0 Å². The number of rotatable bonds is 4. The Hall–Kier alpha value is -0.980. The number of benzene rings is 1. The molecule has 0 aromatic heterocycles. The molecule has 0 amide bonds. The van der Waals surface area contributed by atoms with E-state index >= 15 is 0 Å². The zero-order chi connectivity index (χ0) is 13.9. The van der Waals surface area contributed by atoms with E-state index in [1.54, 1.807) is 0 Å². The monoisotopic (exact) mass is 287 g/mol. The van der Waals surface area contributed by atoms with Crippen LogP contribution in [-0.4, -0.2) is 25.7 Å². The Morgan fingerprint density at radius 3 is 2.47 bits per heavy atom. The summed E-state index contributed by atoms with van der Waals surface area (Å²) in [5, 5.41) is 9.76. The first-order valence-electron chi connectivity index (χ1n) is 6.39. The second-order valence-electron chi connectivity index (χ2n) is 4.96. The third-order valence-electron chi connectivity index (χ3n) is 3.33. The molecular formula is C13H18FNO3S. The Morgan fingerprint density at radius 1 is 1.21 bits per heavy atom. The molecule has 0 spiro atoms. The molecule has 0 bridgehead atoms. The van der Waals surface area contributed by atoms with E-state index in [9.17, 15) is 17.9 Å². The standard InChI is InChI=1S/C13H18FNO3S/c14-11-7-5-10(6-8-11)9-19(17,18)15-12-3-1-2-4-13(12)16/h5-8,12-13,15-16H,1-4,9H2/t12-,13-/m0/s1. The van der Waals surface area contributed by atoms with Gasteiger partial charge < -0.3 is 5.11 Å². The number of sulfonamides is 1. The summed E-state index contributed by atoms with van der Waals surface area (Å²) in [4.78, 5) is 0. The number of hydrogen-bond acceptors (Lipinski definition) is 3. The second kappa shape index (κ2) is 5.98. The number of halogens is 1. The molecule has 1 aliphatic rings. The smallest absolute Gasteiger partial charge is 0.216 e. The second-order valence-corrected chi connectivity index (χ2v) is 6.72. The van der Waals surface area contributed by atoms with Gasteiger partial charge in [-0.15, -0.1) is 0 Å². The van der Waals surface area contributed by atoms with E-state index in [4.69, 9.17) is 0 Å². The average Bonchev–Trinajstić information content (AvgIpc) is 2.35. The van der Waals surface area contributed by atoms with Gasteiger partial charge in [0.2, 0.25) is 10.0 Å². The predicted molar refractivity (Wildman–Crippen MR) is 70.4 cm³/mol. The van der Waals surface area contributed by atoms with Crippen molar-refractivity contribution in [2.45, 2.75) is 43.6 Å². The van der Waals surface area contributed by atoms with Crippen LogP contribution in [-0.2, 0) is 15.8 Å². The summed E-state index contributed by atoms with van der Waals surface area (Å²) in [6.45, 7) is 0. The number of hydrogen-bond donors (Lipinski definition) is 2. The van der Waals surface area contributed by atoms with Crippen LogP contribution in [0.4, 0.5) is 4.39 Å². The molecule has 1 fully saturated rings. The van der Waals surface area contributed by atoms with Crippen molar-refractivity contribution in [3.05, 3.63) is 35.6 Å². The molecule has 2 rings (SSSR count). The summed E-state index contributed by atoms with van der Waals surface area (Å²) in [5.74, 6) is -0.590. The van der Waals surface area contributed by atoms with Crippen LogP contribution >= 0.6 is 0 Å². The van der Waals surface area contributed by atoms with Gasteiger partial charge >= 0.3 is 0 Å². The van der Waals surface area contributed by atoms with Crippen LogP contribution in [0.25, 0.3) is 0 Å². The van der Waals surface area contributed by atoms with Crippen LogP contribution in [0.1, 0.15) is 31.2 Å². The van der Waals surface area contributed by atoms with Crippen molar-refractivity contribution in [3.63, 3.8) is 0 Å². The zero-order valence-electron chi connectivity index (χ0n) is 10.5. The molecule has 4 nitrogen and oxygen atoms in total. The molecule has 19 heavy (non-hydrogen) atoms. The summed E-state index contributed by atoms with van der Waals surface area (Å²) in [7, 11) is -3.51. The van der Waals surface area contributed by atoms with E-state index in [0.717, 1.165) is 12.8 Å². The summed E-state index contributed by atoms with van der Waals surface area (Å²) in [6, 6.07) is 4.97. The minimum atomic E-state index is -3.51. The Balaban J connectivity index is 2.00. The molecule has 0 saturated heterocycles. The number of aliphatic hydroxyl groups excluding tert-OH is 1. The minimum Gasteiger partial charge on any atom is -0.391 e. The summed E-state index contributed by atoms with van der Waals surface area (Å²) in [6.07, 6.45) is 2.52. The van der Waals surface area contributed by atoms with Gasteiger partial charge in [-0.1, -0.05) is 25.0 Å². The van der Waals surface area contributed by atoms with Crippen molar-refractivity contribution in [2.24, 2.45) is 0 Å². The Kier molecular flexibility index (Phi) is 4.54. The molecule has 0 aliphatic heterocycles. The van der Waals surface area contributed by atoms with Crippen molar-refractivity contribution in [1.29, 1.82) is 0 Å². The van der Waals surface area contributed by atoms with Gasteiger partial charge in [0.1, 0.15) is 5.82 Å². The quantitative estimate of drug-likeness (QED) is 0.883. The summed E-state index contributed by atoms with van der Waals surface area (Å²) < 4.78 is 39.2. The SMILES string of the molecule is O=S(=O)(Cc1ccc(F)cc1)N[C@H]1CCCC[C@@H]1O. The van der Waals surface area contributed by atoms with Crippen LogP contribution < -0.4 is 4.72 Å². The van der Waals surface area contributed by atoms with Gasteiger partial charge in [0.15, 0.2) is 0 Å². The van der Waals surface area contributed by atoms with Crippen molar-refractivity contribution in [3.8, 4) is 0 Å². The highest BCUT2D eigenvalue weighted by Gasteiger charge is 2.27. The van der Waals surface area contributed by atoms with Gasteiger partial charge in [-0.05, 0) is 30.5 Å². The van der Waals surface area contributed by atoms with Crippen LogP contribution in [0.3, 0.4) is 0 Å². The highest BCUT2D eigenvalue weighted by molar-refractivity contribution is 7.88. The molecule has 1 aliphatic carbocycles. The molecule has 0 unspecified atom stereocenters. The fourth-order valence-corrected chi connectivity index (χ4v) is 3.77. The first kappa shape index (κ1) is 14.4. The lowest BCUT2D eigenvalue weighted by molar-refractivity contribution is 0.101. The molecule has 1 saturated carbocycles. The Morgan fingerprint density at radius 2 is 1.84 bits per heavy atom. The van der Waals surface area contributed by atoms with E-state index in [2.05, 4.69) is 4.72 Å². The molecule has 0 radical (unpaired) electrons. The van der Waals surface area contributed by atoms with E-state index in [-0.39, 0.29) is 5.75 Å². The lowest BCUT2D eigenvalue weighted by Crippen LogP contribution is -2.45. The topological polar surface area (TPSA) is 66.4 Å². The Bertz CT molecular complexity index is 515. The Labute approximate surface area is 112 Å². The summed E-state index contributed by atoms with van der Waals surface area (Å²) in [5.41, 5.74) is 0.527. The van der Waals surface area contributed by atoms with Crippen molar-refractivity contribution in [1.82, 2.24) is 4.72 Å². The minimum absolute atomic E-state index is 0.198. The zero-order valence-corrected chi connectivity index (χ0v) is 11.4. The predicted octanol–water partition coefficient (Wildman–Crippen LogP) is 1.55. The van der Waals surface area contributed by atoms with Gasteiger partial charge in [-0.25, -0.2) is 17.5 Å². The third kappa shape index (κ3) is 4.26. The lowest BCUT2D eigenvalue weighted by atomic mass is 9.93. The number of aliphatic hydroxyl groups is 1. The van der Waals surface area contributed by atoms with Crippen LogP contribution in [0.15, 0.2) is 24.3 Å². The van der Waals surface area contributed by atoms with E-state index in [1.807, 2.05) is 0 Å². The van der Waals surface area contributed by atoms with Gasteiger partial charge in [-0.3, -0.25) is 0 Å². The molecule has 1 aromatic rings. The normalized spacial score (nSPS) is 24.3. The first-order chi connectivity index (χ1) is 8.96. The van der Waals surface area contributed by atoms with E-state index < -0.39 is 28.0 Å². The fourth-order valence-electron chi connectivity index (χ4n) is 2.32. The largest absolute Gasteiger partial charge is 0.391 e. The molecule has 106 valence electrons. The highest BCUT2D eigenvalue weighted by Crippen LogP contribution is 2.19. The van der Waals surface area contributed by atoms with Crippen LogP contribution in [0, 0.1) is 5.82 Å². The van der Waals surface area contributed by atoms with Crippen molar-refractivity contribution >= 4 is 10.0 Å². The van der Waals surface area contributed by atoms with Crippen molar-refractivity contribution < 1.29 is 17.9 Å². The fraction of sp³-hybridized carbons (Fsp3) is 0.538. The lowest BCUT2D eigenvalue weighted by Gasteiger charge is -2.28. The van der Waals surface area contributed by atoms with E-state index in [0.29, 0.717) is 18.4 Å². The molecule has 2 N–H and O–H groups in total. The number of nitrogens with one attached hydrogen (secondary N) is 1. The molecule has 6 heteroatoms. The maximum Gasteiger partial charge on any atom is 0.216 e. The van der Waals surface area contributed by atoms with Gasteiger partial charge in [-0.2, -0.15) is 0 Å². The molecule has 1 aromatic carbocycles. The van der Waals surface area contributed by atoms with Gasteiger partial charge in [0.05, 0.1) is 11.9 Å². The third-order valence-corrected chi connectivity index (χ3v) is 4.71. The highest BCUT2D eigenvalue weighted by atomic mass is 32.2. The molecule has 2 atom stereocenters. The van der Waals surface area contributed by atoms with E-state index in [1.165, 1.54) is 24.3 Å². The molecular weight excluding hydrogens is 269 g/mol. The van der Waals surface area contributed by atoms with Gasteiger partial charge in [0.25, 0.3) is 0 Å². The summed E-state index contributed by atoms with van der Waals surface area (Å²) >= 11 is 0. The average molecular weight is 287 g/mol. The molecule has 0 heterocycles. The van der Waals surface area contributed by atoms with Crippen LogP contribution in [0.2, 0.25) is 0 Å². The maximum atomic E-state index is 12.7.